The van der Waals surface area contributed by atoms with Crippen molar-refractivity contribution in [1.82, 2.24) is 14.5 Å². The molecule has 3 aromatic rings. The van der Waals surface area contributed by atoms with E-state index in [9.17, 15) is 0 Å². The average Bonchev–Trinajstić information content (AvgIpc) is 2.87. The van der Waals surface area contributed by atoms with Crippen molar-refractivity contribution in [3.05, 3.63) is 47.3 Å². The van der Waals surface area contributed by atoms with Crippen LogP contribution in [-0.2, 0) is 12.0 Å². The Morgan fingerprint density at radius 2 is 1.88 bits per heavy atom. The number of aromatic nitrogens is 3. The number of hydrogen-bond acceptors (Lipinski definition) is 5. The van der Waals surface area contributed by atoms with E-state index in [-0.39, 0.29) is 10.0 Å². The quantitative estimate of drug-likeness (QED) is 0.452. The van der Waals surface area contributed by atoms with Gasteiger partial charge in [0.15, 0.2) is 0 Å². The molecule has 26 heavy (non-hydrogen) atoms. The molecule has 3 rings (SSSR count). The number of rotatable bonds is 4. The van der Waals surface area contributed by atoms with E-state index < -0.39 is 0 Å². The third-order valence-corrected chi connectivity index (χ3v) is 4.93. The zero-order chi connectivity index (χ0) is 19.1. The number of benzene rings is 1. The second-order valence-electron chi connectivity index (χ2n) is 7.29. The van der Waals surface area contributed by atoms with Gasteiger partial charge in [0.2, 0.25) is 0 Å². The first-order chi connectivity index (χ1) is 12.2. The van der Waals surface area contributed by atoms with Gasteiger partial charge in [-0.1, -0.05) is 0 Å². The minimum atomic E-state index is 0.118. The molecule has 0 spiro atoms. The summed E-state index contributed by atoms with van der Waals surface area (Å²) in [5.74, 6) is 1.18. The molecule has 4 N–H and O–H groups in total. The van der Waals surface area contributed by atoms with Gasteiger partial charge in [0.25, 0.3) is 0 Å². The van der Waals surface area contributed by atoms with Gasteiger partial charge in [0, 0.05) is 0 Å². The summed E-state index contributed by atoms with van der Waals surface area (Å²) < 4.78 is 2.21. The summed E-state index contributed by atoms with van der Waals surface area (Å²) in [7, 11) is 1.80. The first kappa shape index (κ1) is 18.4. The molecule has 0 saturated carbocycles. The molecule has 2 heterocycles. The Hall–Kier alpha value is -2.37. The summed E-state index contributed by atoms with van der Waals surface area (Å²) in [4.78, 5) is 8.69. The molecule has 0 atom stereocenters. The molecule has 1 aromatic carbocycles. The Morgan fingerprint density at radius 1 is 1.23 bits per heavy atom. The van der Waals surface area contributed by atoms with E-state index in [1.165, 1.54) is 11.9 Å². The van der Waals surface area contributed by atoms with Crippen molar-refractivity contribution < 1.29 is 0 Å². The fourth-order valence-corrected chi connectivity index (χ4v) is 3.49. The van der Waals surface area contributed by atoms with Crippen LogP contribution in [-0.4, -0.2) is 42.2 Å². The molecule has 6 nitrogen and oxygen atoms in total. The normalized spacial score (nSPS) is 11.7. The van der Waals surface area contributed by atoms with Gasteiger partial charge < -0.3 is 0 Å². The van der Waals surface area contributed by atoms with Gasteiger partial charge >= 0.3 is 161 Å². The molecule has 1 radical (unpaired) electrons. The van der Waals surface area contributed by atoms with Crippen molar-refractivity contribution in [3.63, 3.8) is 0 Å². The monoisotopic (exact) mass is 415 g/mol. The van der Waals surface area contributed by atoms with E-state index in [1.54, 1.807) is 7.05 Å². The van der Waals surface area contributed by atoms with Crippen LogP contribution in [0.5, 0.6) is 0 Å². The molecule has 0 saturated heterocycles. The number of fused-ring (bicyclic) bond motifs is 1. The van der Waals surface area contributed by atoms with E-state index in [0.29, 0.717) is 23.7 Å². The van der Waals surface area contributed by atoms with Gasteiger partial charge in [0.05, 0.1) is 0 Å². The number of nitrogens with two attached hydrogens (primary N) is 1. The van der Waals surface area contributed by atoms with Crippen LogP contribution in [0, 0.1) is 5.41 Å². The Balaban J connectivity index is 2.11. The minimum absolute atomic E-state index is 0.118. The second-order valence-corrected chi connectivity index (χ2v) is 8.15. The van der Waals surface area contributed by atoms with Crippen LogP contribution in [0.2, 0.25) is 0 Å². The topological polar surface area (TPSA) is 92.6 Å². The first-order valence-corrected chi connectivity index (χ1v) is 9.25. The maximum atomic E-state index is 8.09. The van der Waals surface area contributed by atoms with Crippen LogP contribution < -0.4 is 11.1 Å². The summed E-state index contributed by atoms with van der Waals surface area (Å²) in [6.07, 6.45) is 1.51. The fourth-order valence-electron chi connectivity index (χ4n) is 3.06. The van der Waals surface area contributed by atoms with Gasteiger partial charge in [-0.25, -0.2) is 0 Å². The molecule has 135 valence electrons. The molecule has 0 amide bonds. The molecular formula is C19H23N6Se. The van der Waals surface area contributed by atoms with Crippen molar-refractivity contribution in [3.8, 4) is 0 Å². The molecule has 0 unspecified atom stereocenters. The molecule has 0 bridgehead atoms. The van der Waals surface area contributed by atoms with E-state index in [1.807, 2.05) is 4.57 Å². The maximum absolute atomic E-state index is 8.09. The van der Waals surface area contributed by atoms with Gasteiger partial charge in [-0.05, 0) is 0 Å². The van der Waals surface area contributed by atoms with Gasteiger partial charge in [-0.3, -0.25) is 0 Å². The summed E-state index contributed by atoms with van der Waals surface area (Å²) in [6, 6.07) is 8.55. The van der Waals surface area contributed by atoms with E-state index >= 15 is 0 Å². The second kappa shape index (κ2) is 6.74. The van der Waals surface area contributed by atoms with Crippen molar-refractivity contribution >= 4 is 43.3 Å². The molecule has 0 fully saturated rings. The van der Waals surface area contributed by atoms with Crippen LogP contribution in [0.1, 0.15) is 37.5 Å². The zero-order valence-electron chi connectivity index (χ0n) is 15.4. The van der Waals surface area contributed by atoms with E-state index in [4.69, 9.17) is 11.1 Å². The summed E-state index contributed by atoms with van der Waals surface area (Å²) in [5.41, 5.74) is 10.3. The van der Waals surface area contributed by atoms with Crippen molar-refractivity contribution in [1.29, 1.82) is 5.41 Å². The summed E-state index contributed by atoms with van der Waals surface area (Å²) >= 11 is 2.75. The van der Waals surface area contributed by atoms with Crippen molar-refractivity contribution in [2.75, 3.05) is 18.1 Å². The molecule has 0 aliphatic heterocycles. The Morgan fingerprint density at radius 3 is 2.42 bits per heavy atom. The third-order valence-electron chi connectivity index (χ3n) is 4.50. The number of nitrogen functional groups attached to an aromatic ring is 1. The van der Waals surface area contributed by atoms with Crippen LogP contribution in [0.15, 0.2) is 30.6 Å². The van der Waals surface area contributed by atoms with E-state index in [0.717, 1.165) is 16.6 Å². The molecular weight excluding hydrogens is 391 g/mol. The molecule has 0 aliphatic carbocycles. The number of nitrogens with one attached hydrogen (secondary N) is 2. The Kier molecular flexibility index (Phi) is 4.78. The standard InChI is InChI=1S/C19H23N6Se/c1-19(2,3)12-7-5-11(6-8-12)9-25-15(20)13(16(21)26)14-17(22-4)23-10-24-18(14)25/h5-8,10,21H,9,20H2,1-4H3,(H,22,23,24). The van der Waals surface area contributed by atoms with Gasteiger partial charge in [-0.15, -0.1) is 0 Å². The predicted molar refractivity (Wildman–Crippen MR) is 108 cm³/mol. The molecule has 0 aliphatic rings. The number of nitrogens with zero attached hydrogens (tertiary/aromatic N) is 3. The van der Waals surface area contributed by atoms with Crippen LogP contribution in [0.4, 0.5) is 11.6 Å². The fraction of sp³-hybridized carbons (Fsp3) is 0.316. The number of anilines is 2. The Labute approximate surface area is 161 Å². The zero-order valence-corrected chi connectivity index (χ0v) is 17.1. The van der Waals surface area contributed by atoms with Crippen LogP contribution >= 0.6 is 0 Å². The van der Waals surface area contributed by atoms with Gasteiger partial charge in [0.1, 0.15) is 0 Å². The van der Waals surface area contributed by atoms with Crippen molar-refractivity contribution in [2.24, 2.45) is 0 Å². The van der Waals surface area contributed by atoms with Crippen LogP contribution in [0.25, 0.3) is 11.0 Å². The first-order valence-electron chi connectivity index (χ1n) is 8.39. The predicted octanol–water partition coefficient (Wildman–Crippen LogP) is 2.89. The summed E-state index contributed by atoms with van der Waals surface area (Å²) in [6.45, 7) is 7.18. The average molecular weight is 414 g/mol. The molecule has 2 aromatic heterocycles. The van der Waals surface area contributed by atoms with Crippen molar-refractivity contribution in [2.45, 2.75) is 32.7 Å². The molecule has 7 heteroatoms. The van der Waals surface area contributed by atoms with E-state index in [2.05, 4.69) is 76.3 Å². The number of hydrogen-bond donors (Lipinski definition) is 3. The van der Waals surface area contributed by atoms with Crippen LogP contribution in [0.3, 0.4) is 0 Å². The SMILES string of the molecule is CNc1ncnc2c1c(C(=N)[Se])c(N)n2Cc1ccc(C(C)(C)C)cc1. The summed E-state index contributed by atoms with van der Waals surface area (Å²) in [5, 5.41) is 11.9. The van der Waals surface area contributed by atoms with Gasteiger partial charge in [-0.2, -0.15) is 0 Å². The Bertz CT molecular complexity index is 966. The third kappa shape index (κ3) is 3.20.